The van der Waals surface area contributed by atoms with Crippen molar-refractivity contribution in [2.75, 3.05) is 69.9 Å². The third kappa shape index (κ3) is 10.0. The van der Waals surface area contributed by atoms with Crippen LogP contribution in [0, 0.1) is 23.7 Å². The van der Waals surface area contributed by atoms with E-state index < -0.39 is 55.6 Å². The van der Waals surface area contributed by atoms with E-state index in [9.17, 15) is 38.4 Å². The predicted octanol–water partition coefficient (Wildman–Crippen LogP) is 3.67. The number of carbonyl (C=O) groups is 8. The predicted molar refractivity (Wildman–Crippen MR) is 300 cm³/mol. The van der Waals surface area contributed by atoms with Gasteiger partial charge >= 0.3 is 299 Å². The Morgan fingerprint density at radius 1 is 0.580 bits per heavy atom. The molecule has 0 radical (unpaired) electrons. The molecule has 0 bridgehead atoms. The summed E-state index contributed by atoms with van der Waals surface area (Å²) in [7, 11) is 2.83. The summed E-state index contributed by atoms with van der Waals surface area (Å²) < 4.78 is 19.5. The van der Waals surface area contributed by atoms with E-state index in [0.717, 1.165) is 62.5 Å². The third-order valence-electron chi connectivity index (χ3n) is 16.2. The van der Waals surface area contributed by atoms with E-state index in [-0.39, 0.29) is 95.5 Å². The fraction of sp³-hybridized carbons (Fsp3) is 0.434. The number of ketones is 2. The zero-order valence-corrected chi connectivity index (χ0v) is 47.9. The van der Waals surface area contributed by atoms with Crippen molar-refractivity contribution in [2.45, 2.75) is 51.4 Å². The fourth-order valence-corrected chi connectivity index (χ4v) is 15.7. The van der Waals surface area contributed by atoms with Crippen LogP contribution >= 0.6 is 36.3 Å². The van der Waals surface area contributed by atoms with Crippen LogP contribution in [0.5, 0.6) is 11.5 Å². The van der Waals surface area contributed by atoms with E-state index in [1.807, 2.05) is 22.0 Å². The molecule has 0 saturated carbocycles. The van der Waals surface area contributed by atoms with Gasteiger partial charge in [0.25, 0.3) is 0 Å². The number of aromatic amines is 2. The van der Waals surface area contributed by atoms with Gasteiger partial charge in [-0.2, -0.15) is 0 Å². The minimum atomic E-state index is -2.94. The normalized spacial score (nSPS) is 20.7. The van der Waals surface area contributed by atoms with Crippen LogP contribution in [0.2, 0.25) is 0 Å². The molecule has 6 aromatic rings. The van der Waals surface area contributed by atoms with E-state index in [0.29, 0.717) is 63.4 Å². The number of rotatable bonds is 15. The van der Waals surface area contributed by atoms with Crippen molar-refractivity contribution >= 4 is 105 Å². The molecule has 4 N–H and O–H groups in total. The number of halogens is 2. The van der Waals surface area contributed by atoms with Gasteiger partial charge in [-0.05, 0) is 51.4 Å². The topological polar surface area (TPSA) is 311 Å². The summed E-state index contributed by atoms with van der Waals surface area (Å²) in [5.41, 5.74) is 2.46. The van der Waals surface area contributed by atoms with Crippen molar-refractivity contribution in [1.82, 2.24) is 76.1 Å². The minimum absolute atomic E-state index is 0.0665. The average Bonchev–Trinajstić information content (AvgIpc) is 4.52. The number of pyridine rings is 2. The number of methoxy groups -OCH3 is 2. The Hall–Kier alpha value is -7.89. The van der Waals surface area contributed by atoms with Crippen LogP contribution in [0.15, 0.2) is 60.7 Å². The number of aromatic nitrogens is 10. The van der Waals surface area contributed by atoms with Crippen LogP contribution in [0.3, 0.4) is 0 Å². The number of amides is 6. The van der Waals surface area contributed by atoms with E-state index in [1.165, 1.54) is 61.0 Å². The Kier molecular flexibility index (Phi) is 14.7. The van der Waals surface area contributed by atoms with Crippen molar-refractivity contribution in [3.05, 3.63) is 83.5 Å². The number of nitrogens with one attached hydrogen (secondary N) is 4. The first kappa shape index (κ1) is 53.7. The summed E-state index contributed by atoms with van der Waals surface area (Å²) >= 11 is 0.459. The summed E-state index contributed by atoms with van der Waals surface area (Å²) in [5.74, 6) is -3.54. The molecule has 2 aliphatic carbocycles. The number of allylic oxidation sites excluding steroid dienone is 2. The molecule has 6 aliphatic rings. The molecule has 81 heavy (non-hydrogen) atoms. The monoisotopic (exact) mass is 1280 g/mol. The van der Waals surface area contributed by atoms with Gasteiger partial charge in [-0.25, -0.2) is 0 Å². The quantitative estimate of drug-likeness (QED) is 0.0375. The first-order chi connectivity index (χ1) is 39.3. The number of hydrogen-bond donors (Lipinski definition) is 4. The van der Waals surface area contributed by atoms with Crippen LogP contribution < -0.4 is 16.5 Å². The number of hydrogen-bond acceptors (Lipinski definition) is 16. The average molecular weight is 1280 g/mol. The van der Waals surface area contributed by atoms with Crippen LogP contribution in [0.25, 0.3) is 33.4 Å². The number of fused-ring (bicyclic) bond motifs is 4. The Balaban J connectivity index is 0.678. The molecular formula is C53H56BrIN16O10. The molecule has 422 valence electrons. The Morgan fingerprint density at radius 3 is 1.33 bits per heavy atom. The second-order valence-corrected chi connectivity index (χ2v) is 27.6. The zero-order chi connectivity index (χ0) is 56.2. The maximum absolute atomic E-state index is 14.0. The summed E-state index contributed by atoms with van der Waals surface area (Å²) in [6.45, 7) is 3.62. The van der Waals surface area contributed by atoms with Gasteiger partial charge in [0.15, 0.2) is 0 Å². The van der Waals surface area contributed by atoms with Crippen molar-refractivity contribution < 1.29 is 47.8 Å². The van der Waals surface area contributed by atoms with Gasteiger partial charge in [0.05, 0.1) is 0 Å². The van der Waals surface area contributed by atoms with Crippen molar-refractivity contribution in [3.63, 3.8) is 0 Å². The Labute approximate surface area is 478 Å². The molecule has 4 aliphatic heterocycles. The molecule has 0 aromatic carbocycles. The van der Waals surface area contributed by atoms with Crippen LogP contribution in [0.4, 0.5) is 0 Å². The van der Waals surface area contributed by atoms with E-state index >= 15 is 0 Å². The SMILES string of the molecule is COc1cnc(-n2cnc(C(=O)NI(CBr)NC(=O)c3ncn(-c4ncc(OC)c5c(C(=O)C(=O)N6CC7CN(C(=O)C8=CCCCC8)CC7C6)c[nH]c45)n3)n2)c2[nH]cc(C(=O)C(=O)N3CC4CN(C(=O)C5=CCCCC5)CC4C3)c12. The number of carbonyl (C=O) groups excluding carboxylic acids is 8. The molecule has 26 nitrogen and oxygen atoms in total. The summed E-state index contributed by atoms with van der Waals surface area (Å²) in [6, 6.07) is 0. The van der Waals surface area contributed by atoms with Gasteiger partial charge in [0, 0.05) is 87.2 Å². The van der Waals surface area contributed by atoms with E-state index in [4.69, 9.17) is 9.47 Å². The third-order valence-corrected chi connectivity index (χ3v) is 21.9. The number of Topliss-reactive ketones (excluding diaryl/α,β-unsaturated/α-hetero) is 2. The van der Waals surface area contributed by atoms with Gasteiger partial charge in [0.2, 0.25) is 11.8 Å². The van der Waals surface area contributed by atoms with Gasteiger partial charge < -0.3 is 9.80 Å². The zero-order valence-electron chi connectivity index (χ0n) is 44.2. The van der Waals surface area contributed by atoms with Gasteiger partial charge in [-0.15, -0.1) is 0 Å². The second kappa shape index (κ2) is 22.2. The number of ether oxygens (including phenoxy) is 2. The van der Waals surface area contributed by atoms with Crippen LogP contribution in [-0.4, -0.2) is 186 Å². The van der Waals surface area contributed by atoms with Crippen molar-refractivity contribution in [3.8, 4) is 23.1 Å². The second-order valence-electron chi connectivity index (χ2n) is 21.0. The van der Waals surface area contributed by atoms with Gasteiger partial charge in [0.1, 0.15) is 0 Å². The summed E-state index contributed by atoms with van der Waals surface area (Å²) in [4.78, 5) is 140. The van der Waals surface area contributed by atoms with Crippen LogP contribution in [0.1, 0.15) is 93.3 Å². The number of likely N-dealkylation sites (tertiary alicyclic amines) is 4. The molecule has 4 saturated heterocycles. The molecule has 6 aromatic heterocycles. The molecule has 4 atom stereocenters. The van der Waals surface area contributed by atoms with Gasteiger partial charge in [-0.1, -0.05) is 12.2 Å². The number of alkyl halides is 2. The molecule has 4 fully saturated rings. The maximum atomic E-state index is 14.0. The first-order valence-electron chi connectivity index (χ1n) is 26.7. The summed E-state index contributed by atoms with van der Waals surface area (Å²) in [5, 5.41) is 9.30. The molecule has 28 heteroatoms. The van der Waals surface area contributed by atoms with Crippen molar-refractivity contribution in [1.29, 1.82) is 0 Å². The summed E-state index contributed by atoms with van der Waals surface area (Å²) in [6.07, 6.45) is 19.8. The molecular weight excluding hydrogens is 1230 g/mol. The first-order valence-corrected chi connectivity index (χ1v) is 31.5. The Bertz CT molecular complexity index is 3400. The molecule has 0 spiro atoms. The standard InChI is InChI=1S/C53H56BrIN16O10/c1-80-36-15-58-46(40-38(36)34(13-56-40)42(72)52(78)68-21-30-17-66(18-31(30)22-68)50(76)28-9-5-3-6-10-28)70-26-60-44(64-70)48(74)62-55(25-54)63-49(75)45-61-27-71(65-45)47-41-39(37(81-2)16-59-47)35(14-57-41)43(73)53(79)69-23-32-19-67(20-33(32)24-69)51(77)29-11-7-4-8-12-29/h9,11,13-16,26-27,30-33,56-57H,3-8,10,12,17-25H2,1-2H3,(H,62,74)(H,63,75). The molecule has 10 heterocycles. The molecule has 4 unspecified atom stereocenters. The Morgan fingerprint density at radius 2 is 0.975 bits per heavy atom. The number of nitrogens with zero attached hydrogens (tertiary/aromatic N) is 12. The van der Waals surface area contributed by atoms with E-state index in [1.54, 1.807) is 9.80 Å². The van der Waals surface area contributed by atoms with Crippen molar-refractivity contribution in [2.24, 2.45) is 23.7 Å². The number of H-pyrrole nitrogens is 2. The molecule has 12 rings (SSSR count). The van der Waals surface area contributed by atoms with E-state index in [2.05, 4.69) is 63.1 Å². The van der Waals surface area contributed by atoms with Gasteiger partial charge in [-0.3, -0.25) is 9.59 Å². The van der Waals surface area contributed by atoms with Crippen LogP contribution in [-0.2, 0) is 19.2 Å². The molecule has 6 amide bonds. The fourth-order valence-electron chi connectivity index (χ4n) is 12.2.